The van der Waals surface area contributed by atoms with Crippen molar-refractivity contribution in [1.29, 1.82) is 0 Å². The first-order valence-electron chi connectivity index (χ1n) is 12.1. The van der Waals surface area contributed by atoms with Crippen molar-refractivity contribution >= 4 is 11.7 Å². The van der Waals surface area contributed by atoms with Crippen LogP contribution in [0.1, 0.15) is 60.8 Å². The minimum atomic E-state index is -0.518. The summed E-state index contributed by atoms with van der Waals surface area (Å²) in [5, 5.41) is 0. The molecule has 0 aliphatic carbocycles. The number of ether oxygens (including phenoxy) is 1. The number of hydrogen-bond acceptors (Lipinski definition) is 5. The van der Waals surface area contributed by atoms with Crippen molar-refractivity contribution in [3.63, 3.8) is 0 Å². The van der Waals surface area contributed by atoms with E-state index in [2.05, 4.69) is 43.9 Å². The fraction of sp³-hybridized carbons (Fsp3) is 0.593. The van der Waals surface area contributed by atoms with Crippen molar-refractivity contribution < 1.29 is 9.53 Å². The van der Waals surface area contributed by atoms with Crippen LogP contribution in [0.4, 0.5) is 5.82 Å². The van der Waals surface area contributed by atoms with E-state index >= 15 is 0 Å². The van der Waals surface area contributed by atoms with E-state index in [0.29, 0.717) is 19.8 Å². The second kappa shape index (κ2) is 9.05. The fourth-order valence-corrected chi connectivity index (χ4v) is 5.55. The Morgan fingerprint density at radius 3 is 2.30 bits per heavy atom. The van der Waals surface area contributed by atoms with E-state index < -0.39 is 5.41 Å². The molecule has 2 aliphatic rings. The molecule has 0 radical (unpaired) electrons. The van der Waals surface area contributed by atoms with E-state index in [1.54, 1.807) is 0 Å². The monoisotopic (exact) mass is 450 g/mol. The quantitative estimate of drug-likeness (QED) is 0.702. The predicted molar refractivity (Wildman–Crippen MR) is 132 cm³/mol. The first-order valence-corrected chi connectivity index (χ1v) is 12.1. The van der Waals surface area contributed by atoms with E-state index in [1.165, 1.54) is 11.1 Å². The number of carbonyl (C=O) groups excluding carboxylic acids is 1. The van der Waals surface area contributed by atoms with Gasteiger partial charge in [0.05, 0.1) is 5.41 Å². The number of piperidine rings is 1. The van der Waals surface area contributed by atoms with Crippen LogP contribution in [0.15, 0.2) is 24.3 Å². The van der Waals surface area contributed by atoms with Crippen LogP contribution in [0.5, 0.6) is 0 Å². The summed E-state index contributed by atoms with van der Waals surface area (Å²) >= 11 is 0. The average Bonchev–Trinajstić information content (AvgIpc) is 2.78. The zero-order valence-corrected chi connectivity index (χ0v) is 21.1. The van der Waals surface area contributed by atoms with Crippen LogP contribution in [0.3, 0.4) is 0 Å². The lowest BCUT2D eigenvalue weighted by atomic mass is 9.71. The highest BCUT2D eigenvalue weighted by Gasteiger charge is 2.47. The van der Waals surface area contributed by atoms with Crippen molar-refractivity contribution in [2.45, 2.75) is 64.2 Å². The number of aromatic nitrogens is 2. The number of carbonyl (C=O) groups is 1. The zero-order chi connectivity index (χ0) is 23.8. The first kappa shape index (κ1) is 23.7. The highest BCUT2D eigenvalue weighted by molar-refractivity contribution is 5.89. The number of amides is 1. The molecule has 2 aliphatic heterocycles. The van der Waals surface area contributed by atoms with Gasteiger partial charge in [-0.15, -0.1) is 0 Å². The molecule has 0 bridgehead atoms. The van der Waals surface area contributed by atoms with Gasteiger partial charge in [-0.1, -0.05) is 36.2 Å². The molecule has 178 valence electrons. The summed E-state index contributed by atoms with van der Waals surface area (Å²) in [5.74, 6) is 2.00. The van der Waals surface area contributed by atoms with E-state index in [4.69, 9.17) is 14.7 Å². The Morgan fingerprint density at radius 1 is 1.00 bits per heavy atom. The Labute approximate surface area is 198 Å². The summed E-state index contributed by atoms with van der Waals surface area (Å²) < 4.78 is 5.71. The molecule has 1 aromatic heterocycles. The zero-order valence-electron chi connectivity index (χ0n) is 21.1. The normalized spacial score (nSPS) is 22.8. The lowest BCUT2D eigenvalue weighted by Crippen LogP contribution is -2.55. The van der Waals surface area contributed by atoms with Crippen molar-refractivity contribution in [2.24, 2.45) is 0 Å². The maximum atomic E-state index is 14.3. The minimum absolute atomic E-state index is 0.238. The molecule has 4 rings (SSSR count). The number of anilines is 1. The topological polar surface area (TPSA) is 58.6 Å². The first-order chi connectivity index (χ1) is 15.6. The summed E-state index contributed by atoms with van der Waals surface area (Å²) in [7, 11) is 4.01. The standard InChI is InChI=1S/C27H38N4O2/c1-19-14-20(2)16-22(15-19)27(9-12-33-13-10-27)25(32)31-11-7-8-26(4,18-31)24-28-21(3)17-23(29-24)30(5)6/h14-17H,7-13,18H2,1-6H3/t26-/m0/s1. The Morgan fingerprint density at radius 2 is 1.67 bits per heavy atom. The SMILES string of the molecule is Cc1cc(C)cc(C2(C(=O)N3CCC[C@](C)(c4nc(C)cc(N(C)C)n4)C3)CCOCC2)c1. The van der Waals surface area contributed by atoms with Gasteiger partial charge in [-0.05, 0) is 52.0 Å². The van der Waals surface area contributed by atoms with Gasteiger partial charge in [-0.3, -0.25) is 4.79 Å². The van der Waals surface area contributed by atoms with Crippen LogP contribution in [0, 0.1) is 20.8 Å². The van der Waals surface area contributed by atoms with Gasteiger partial charge in [0.25, 0.3) is 0 Å². The smallest absolute Gasteiger partial charge is 0.233 e. The number of rotatable bonds is 4. The van der Waals surface area contributed by atoms with Crippen molar-refractivity contribution in [2.75, 3.05) is 45.3 Å². The third-order valence-electron chi connectivity index (χ3n) is 7.35. The maximum Gasteiger partial charge on any atom is 0.233 e. The third-order valence-corrected chi connectivity index (χ3v) is 7.35. The van der Waals surface area contributed by atoms with Crippen LogP contribution in [0.25, 0.3) is 0 Å². The maximum absolute atomic E-state index is 14.3. The summed E-state index contributed by atoms with van der Waals surface area (Å²) in [4.78, 5) is 28.1. The molecule has 0 N–H and O–H groups in total. The molecule has 6 nitrogen and oxygen atoms in total. The number of benzene rings is 1. The lowest BCUT2D eigenvalue weighted by Gasteiger charge is -2.45. The molecule has 33 heavy (non-hydrogen) atoms. The molecular formula is C27H38N4O2. The average molecular weight is 451 g/mol. The Balaban J connectivity index is 1.68. The number of likely N-dealkylation sites (tertiary alicyclic amines) is 1. The Hall–Kier alpha value is -2.47. The molecule has 0 spiro atoms. The molecule has 0 unspecified atom stereocenters. The third kappa shape index (κ3) is 4.63. The van der Waals surface area contributed by atoms with Gasteiger partial charge in [0, 0.05) is 57.6 Å². The van der Waals surface area contributed by atoms with Gasteiger partial charge in [0.2, 0.25) is 5.91 Å². The number of hydrogen-bond donors (Lipinski definition) is 0. The fourth-order valence-electron chi connectivity index (χ4n) is 5.55. The minimum Gasteiger partial charge on any atom is -0.381 e. The van der Waals surface area contributed by atoms with E-state index in [0.717, 1.165) is 55.1 Å². The van der Waals surface area contributed by atoms with Crippen LogP contribution in [-0.2, 0) is 20.4 Å². The largest absolute Gasteiger partial charge is 0.381 e. The van der Waals surface area contributed by atoms with Crippen molar-refractivity contribution in [3.05, 3.63) is 52.5 Å². The summed E-state index contributed by atoms with van der Waals surface area (Å²) in [6, 6.07) is 8.59. The lowest BCUT2D eigenvalue weighted by molar-refractivity contribution is -0.143. The molecule has 2 saturated heterocycles. The van der Waals surface area contributed by atoms with Crippen molar-refractivity contribution in [3.8, 4) is 0 Å². The summed E-state index contributed by atoms with van der Waals surface area (Å²) in [5.41, 5.74) is 3.73. The van der Waals surface area contributed by atoms with Crippen LogP contribution in [0.2, 0.25) is 0 Å². The van der Waals surface area contributed by atoms with Gasteiger partial charge in [0.15, 0.2) is 0 Å². The van der Waals surface area contributed by atoms with Gasteiger partial charge in [-0.2, -0.15) is 0 Å². The second-order valence-corrected chi connectivity index (χ2v) is 10.5. The van der Waals surface area contributed by atoms with Gasteiger partial charge in [0.1, 0.15) is 11.6 Å². The van der Waals surface area contributed by atoms with E-state index in [1.807, 2.05) is 32.0 Å². The Kier molecular flexibility index (Phi) is 6.50. The van der Waals surface area contributed by atoms with Gasteiger partial charge in [-0.25, -0.2) is 9.97 Å². The molecule has 2 aromatic rings. The van der Waals surface area contributed by atoms with Crippen LogP contribution >= 0.6 is 0 Å². The van der Waals surface area contributed by atoms with Crippen molar-refractivity contribution in [1.82, 2.24) is 14.9 Å². The summed E-state index contributed by atoms with van der Waals surface area (Å²) in [6.07, 6.45) is 3.39. The van der Waals surface area contributed by atoms with E-state index in [-0.39, 0.29) is 11.3 Å². The van der Waals surface area contributed by atoms with Crippen LogP contribution < -0.4 is 4.90 Å². The number of nitrogens with zero attached hydrogens (tertiary/aromatic N) is 4. The van der Waals surface area contributed by atoms with Gasteiger partial charge < -0.3 is 14.5 Å². The molecule has 1 aromatic carbocycles. The molecule has 1 amide bonds. The number of aryl methyl sites for hydroxylation is 3. The van der Waals surface area contributed by atoms with E-state index in [9.17, 15) is 4.79 Å². The molecule has 3 heterocycles. The van der Waals surface area contributed by atoms with Gasteiger partial charge >= 0.3 is 0 Å². The predicted octanol–water partition coefficient (Wildman–Crippen LogP) is 4.10. The summed E-state index contributed by atoms with van der Waals surface area (Å²) in [6.45, 7) is 11.1. The Bertz CT molecular complexity index is 1010. The molecule has 1 atom stereocenters. The molecule has 0 saturated carbocycles. The van der Waals surface area contributed by atoms with Crippen LogP contribution in [-0.4, -0.2) is 61.2 Å². The highest BCUT2D eigenvalue weighted by Crippen LogP contribution is 2.40. The molecule has 6 heteroatoms. The molecular weight excluding hydrogens is 412 g/mol. The highest BCUT2D eigenvalue weighted by atomic mass is 16.5. The second-order valence-electron chi connectivity index (χ2n) is 10.5. The molecule has 2 fully saturated rings.